The summed E-state index contributed by atoms with van der Waals surface area (Å²) in [5.74, 6) is 0.589. The highest BCUT2D eigenvalue weighted by Gasteiger charge is 2.22. The smallest absolute Gasteiger partial charge is 0.0540 e. The van der Waals surface area contributed by atoms with Gasteiger partial charge >= 0.3 is 0 Å². The monoisotopic (exact) mass is 254 g/mol. The molecule has 1 unspecified atom stereocenters. The van der Waals surface area contributed by atoms with Crippen molar-refractivity contribution in [3.05, 3.63) is 0 Å². The summed E-state index contributed by atoms with van der Waals surface area (Å²) in [6.07, 6.45) is 4.98. The summed E-state index contributed by atoms with van der Waals surface area (Å²) in [5.41, 5.74) is 0. The molecule has 1 rings (SSSR count). The van der Waals surface area contributed by atoms with Crippen LogP contribution in [0.4, 0.5) is 0 Å². The molecule has 0 spiro atoms. The zero-order chi connectivity index (χ0) is 7.56. The molecule has 0 saturated heterocycles. The molecule has 0 aromatic heterocycles. The van der Waals surface area contributed by atoms with Gasteiger partial charge < -0.3 is 5.11 Å². The van der Waals surface area contributed by atoms with E-state index in [0.29, 0.717) is 5.92 Å². The van der Waals surface area contributed by atoms with Gasteiger partial charge in [-0.25, -0.2) is 0 Å². The van der Waals surface area contributed by atoms with E-state index in [0.717, 1.165) is 3.92 Å². The molecule has 1 fully saturated rings. The van der Waals surface area contributed by atoms with Crippen molar-refractivity contribution in [2.24, 2.45) is 5.92 Å². The second kappa shape index (κ2) is 3.90. The minimum atomic E-state index is -0.0797. The Morgan fingerprint density at radius 1 is 1.30 bits per heavy atom. The van der Waals surface area contributed by atoms with Crippen molar-refractivity contribution in [1.29, 1.82) is 0 Å². The fraction of sp³-hybridized carbons (Fsp3) is 1.00. The van der Waals surface area contributed by atoms with Gasteiger partial charge in [0.1, 0.15) is 0 Å². The average Bonchev–Trinajstić information content (AvgIpc) is 1.88. The van der Waals surface area contributed by atoms with Gasteiger partial charge in [0.2, 0.25) is 0 Å². The number of halogens is 1. The van der Waals surface area contributed by atoms with Crippen molar-refractivity contribution in [3.63, 3.8) is 0 Å². The molecule has 1 aliphatic rings. The van der Waals surface area contributed by atoms with Gasteiger partial charge in [-0.15, -0.1) is 0 Å². The van der Waals surface area contributed by atoms with Crippen LogP contribution in [-0.4, -0.2) is 15.1 Å². The summed E-state index contributed by atoms with van der Waals surface area (Å²) in [5, 5.41) is 9.26. The van der Waals surface area contributed by atoms with Gasteiger partial charge in [0, 0.05) is 3.92 Å². The van der Waals surface area contributed by atoms with E-state index in [-0.39, 0.29) is 6.10 Å². The summed E-state index contributed by atoms with van der Waals surface area (Å²) in [7, 11) is 0. The van der Waals surface area contributed by atoms with E-state index in [4.69, 9.17) is 0 Å². The molecular weight excluding hydrogens is 239 g/mol. The fourth-order valence-electron chi connectivity index (χ4n) is 1.56. The Morgan fingerprint density at radius 2 is 1.80 bits per heavy atom. The molecule has 10 heavy (non-hydrogen) atoms. The predicted octanol–water partition coefficient (Wildman–Crippen LogP) is 2.36. The third-order valence-electron chi connectivity index (χ3n) is 2.38. The number of aliphatic hydroxyl groups excluding tert-OH is 1. The molecule has 0 aliphatic heterocycles. The first-order valence-electron chi connectivity index (χ1n) is 4.02. The maximum atomic E-state index is 9.26. The van der Waals surface area contributed by atoms with Gasteiger partial charge in [0.05, 0.1) is 6.10 Å². The summed E-state index contributed by atoms with van der Waals surface area (Å²) in [4.78, 5) is 0. The molecule has 0 aromatic rings. The molecule has 60 valence electrons. The van der Waals surface area contributed by atoms with E-state index in [2.05, 4.69) is 22.6 Å². The number of hydrogen-bond donors (Lipinski definition) is 1. The Morgan fingerprint density at radius 3 is 2.20 bits per heavy atom. The van der Waals surface area contributed by atoms with Crippen LogP contribution in [0.2, 0.25) is 0 Å². The molecule has 1 saturated carbocycles. The van der Waals surface area contributed by atoms with E-state index >= 15 is 0 Å². The Kier molecular flexibility index (Phi) is 3.43. The van der Waals surface area contributed by atoms with Crippen molar-refractivity contribution in [1.82, 2.24) is 0 Å². The summed E-state index contributed by atoms with van der Waals surface area (Å²) >= 11 is 2.51. The minimum absolute atomic E-state index is 0.0797. The van der Waals surface area contributed by atoms with Gasteiger partial charge in [-0.05, 0) is 38.5 Å². The highest BCUT2D eigenvalue weighted by Crippen LogP contribution is 2.30. The summed E-state index contributed by atoms with van der Waals surface area (Å²) in [6.45, 7) is 1.91. The lowest BCUT2D eigenvalue weighted by atomic mass is 9.86. The van der Waals surface area contributed by atoms with Gasteiger partial charge in [-0.2, -0.15) is 0 Å². The van der Waals surface area contributed by atoms with E-state index in [1.807, 2.05) is 6.92 Å². The molecule has 1 atom stereocenters. The zero-order valence-corrected chi connectivity index (χ0v) is 8.54. The summed E-state index contributed by atoms with van der Waals surface area (Å²) in [6, 6.07) is 0. The predicted molar refractivity (Wildman–Crippen MR) is 51.4 cm³/mol. The van der Waals surface area contributed by atoms with Crippen molar-refractivity contribution >= 4 is 22.6 Å². The van der Waals surface area contributed by atoms with Crippen LogP contribution in [0.5, 0.6) is 0 Å². The molecule has 0 aromatic carbocycles. The molecule has 0 heterocycles. The topological polar surface area (TPSA) is 20.2 Å². The fourth-order valence-corrected chi connectivity index (χ4v) is 2.28. The van der Waals surface area contributed by atoms with Gasteiger partial charge in [-0.3, -0.25) is 0 Å². The van der Waals surface area contributed by atoms with Crippen LogP contribution < -0.4 is 0 Å². The highest BCUT2D eigenvalue weighted by molar-refractivity contribution is 14.1. The largest absolute Gasteiger partial charge is 0.393 e. The second-order valence-electron chi connectivity index (χ2n) is 3.25. The van der Waals surface area contributed by atoms with Crippen LogP contribution >= 0.6 is 22.6 Å². The van der Waals surface area contributed by atoms with E-state index in [1.54, 1.807) is 0 Å². The Hall–Kier alpha value is 0.690. The Labute approximate surface area is 76.3 Å². The standard InChI is InChI=1S/C8H15IO/c1-6(10)7-2-4-8(9)5-3-7/h6-8,10H,2-5H2,1H3. The first kappa shape index (κ1) is 8.78. The van der Waals surface area contributed by atoms with Crippen LogP contribution in [0.1, 0.15) is 32.6 Å². The zero-order valence-electron chi connectivity index (χ0n) is 6.39. The van der Waals surface area contributed by atoms with Gasteiger partial charge in [-0.1, -0.05) is 22.6 Å². The van der Waals surface area contributed by atoms with Crippen molar-refractivity contribution < 1.29 is 5.11 Å². The molecule has 0 bridgehead atoms. The molecule has 1 aliphatic carbocycles. The van der Waals surface area contributed by atoms with E-state index in [1.165, 1.54) is 25.7 Å². The number of aliphatic hydroxyl groups is 1. The lowest BCUT2D eigenvalue weighted by Crippen LogP contribution is -2.23. The quantitative estimate of drug-likeness (QED) is 0.562. The Bertz CT molecular complexity index is 95.4. The van der Waals surface area contributed by atoms with Gasteiger partial charge in [0.15, 0.2) is 0 Å². The number of alkyl halides is 1. The summed E-state index contributed by atoms with van der Waals surface area (Å²) < 4.78 is 0.868. The van der Waals surface area contributed by atoms with Crippen LogP contribution in [-0.2, 0) is 0 Å². The lowest BCUT2D eigenvalue weighted by molar-refractivity contribution is 0.103. The number of rotatable bonds is 1. The maximum absolute atomic E-state index is 9.26. The SMILES string of the molecule is CC(O)C1CCC(I)CC1. The molecule has 0 radical (unpaired) electrons. The van der Waals surface area contributed by atoms with Gasteiger partial charge in [0.25, 0.3) is 0 Å². The van der Waals surface area contributed by atoms with E-state index < -0.39 is 0 Å². The van der Waals surface area contributed by atoms with Crippen LogP contribution in [0.15, 0.2) is 0 Å². The van der Waals surface area contributed by atoms with Crippen LogP contribution in [0.25, 0.3) is 0 Å². The highest BCUT2D eigenvalue weighted by atomic mass is 127. The Balaban J connectivity index is 2.26. The molecule has 1 nitrogen and oxygen atoms in total. The minimum Gasteiger partial charge on any atom is -0.393 e. The van der Waals surface area contributed by atoms with Crippen molar-refractivity contribution in [2.75, 3.05) is 0 Å². The van der Waals surface area contributed by atoms with E-state index in [9.17, 15) is 5.11 Å². The molecule has 2 heteroatoms. The maximum Gasteiger partial charge on any atom is 0.0540 e. The lowest BCUT2D eigenvalue weighted by Gasteiger charge is -2.26. The molecular formula is C8H15IO. The first-order chi connectivity index (χ1) is 4.70. The van der Waals surface area contributed by atoms with Crippen molar-refractivity contribution in [2.45, 2.75) is 42.6 Å². The van der Waals surface area contributed by atoms with Crippen LogP contribution in [0, 0.1) is 5.92 Å². The first-order valence-corrected chi connectivity index (χ1v) is 5.27. The molecule has 1 N–H and O–H groups in total. The van der Waals surface area contributed by atoms with Crippen LogP contribution in [0.3, 0.4) is 0 Å². The van der Waals surface area contributed by atoms with Crippen molar-refractivity contribution in [3.8, 4) is 0 Å². The average molecular weight is 254 g/mol. The number of hydrogen-bond acceptors (Lipinski definition) is 1. The third kappa shape index (κ3) is 2.38. The normalized spacial score (nSPS) is 37.5. The third-order valence-corrected chi connectivity index (χ3v) is 3.63. The molecule has 0 amide bonds. The second-order valence-corrected chi connectivity index (χ2v) is 5.01.